The highest BCUT2D eigenvalue weighted by molar-refractivity contribution is 5.82. The minimum Gasteiger partial charge on any atom is -0.480 e. The summed E-state index contributed by atoms with van der Waals surface area (Å²) in [5.41, 5.74) is 4.58. The summed E-state index contributed by atoms with van der Waals surface area (Å²) in [7, 11) is 0. The van der Waals surface area contributed by atoms with E-state index in [0.29, 0.717) is 32.4 Å². The molecule has 2 fully saturated rings. The van der Waals surface area contributed by atoms with E-state index in [4.69, 9.17) is 14.2 Å². The molecule has 1 N–H and O–H groups in total. The van der Waals surface area contributed by atoms with E-state index in [1.165, 1.54) is 9.80 Å². The molecule has 12 heteroatoms. The molecule has 2 saturated heterocycles. The predicted molar refractivity (Wildman–Crippen MR) is 230 cm³/mol. The first-order valence-corrected chi connectivity index (χ1v) is 20.6. The molecular weight excluding hydrogens is 761 g/mol. The molecule has 6 rings (SSSR count). The molecule has 2 aromatic carbocycles. The third kappa shape index (κ3) is 12.9. The second-order valence-corrected chi connectivity index (χ2v) is 18.4. The number of hydrogen-bond donors (Lipinski definition) is 1. The number of benzene rings is 2. The van der Waals surface area contributed by atoms with Crippen LogP contribution in [0.4, 0.5) is 9.59 Å². The van der Waals surface area contributed by atoms with Gasteiger partial charge in [-0.1, -0.05) is 60.7 Å². The fourth-order valence-electron chi connectivity index (χ4n) is 7.40. The molecule has 4 heterocycles. The van der Waals surface area contributed by atoms with Crippen LogP contribution < -0.4 is 0 Å². The third-order valence-corrected chi connectivity index (χ3v) is 10.2. The minimum absolute atomic E-state index is 0.0859. The maximum Gasteiger partial charge on any atom is 0.411 e. The summed E-state index contributed by atoms with van der Waals surface area (Å²) in [6, 6.07) is 22.8. The van der Waals surface area contributed by atoms with Crippen molar-refractivity contribution in [3.63, 3.8) is 0 Å². The smallest absolute Gasteiger partial charge is 0.411 e. The van der Waals surface area contributed by atoms with E-state index >= 15 is 0 Å². The van der Waals surface area contributed by atoms with Crippen molar-refractivity contribution in [1.82, 2.24) is 19.8 Å². The highest BCUT2D eigenvalue weighted by Gasteiger charge is 2.41. The van der Waals surface area contributed by atoms with Crippen LogP contribution in [0.5, 0.6) is 0 Å². The highest BCUT2D eigenvalue weighted by atomic mass is 16.6. The number of carboxylic acid groups (broad SMARTS) is 1. The van der Waals surface area contributed by atoms with Crippen LogP contribution in [0.15, 0.2) is 97.6 Å². The molecule has 0 aliphatic carbocycles. The lowest BCUT2D eigenvalue weighted by Crippen LogP contribution is -2.52. The number of esters is 1. The highest BCUT2D eigenvalue weighted by Crippen LogP contribution is 2.36. The Kier molecular flexibility index (Phi) is 14.4. The van der Waals surface area contributed by atoms with Crippen LogP contribution in [0.2, 0.25) is 0 Å². The predicted octanol–water partition coefficient (Wildman–Crippen LogP) is 9.89. The van der Waals surface area contributed by atoms with Gasteiger partial charge in [-0.05, 0) is 145 Å². The van der Waals surface area contributed by atoms with Gasteiger partial charge < -0.3 is 19.3 Å². The van der Waals surface area contributed by atoms with Crippen LogP contribution in [-0.4, -0.2) is 91.0 Å². The molecule has 2 aliphatic heterocycles. The number of nitrogens with zero attached hydrogens (tertiary/aromatic N) is 4. The summed E-state index contributed by atoms with van der Waals surface area (Å²) in [5, 5.41) is 9.66. The molecule has 60 heavy (non-hydrogen) atoms. The maximum atomic E-state index is 13.0. The van der Waals surface area contributed by atoms with E-state index in [1.807, 2.05) is 102 Å². The zero-order valence-electron chi connectivity index (χ0n) is 36.4. The van der Waals surface area contributed by atoms with E-state index in [2.05, 4.69) is 34.2 Å². The standard InChI is InChI=1S/C26H34N2O4.C22H26N2O4/c1-25(2,3)31-23(29)22-16-20(13-15-28(22)24(30)32-26(4,5)6)18-9-11-19(12-10-18)21-8-7-14-27-17-21;1-22(2,3)28-21(27)24-12-10-17(13-19(24)20(25)26)15-6-8-16(9-7-15)18-5-4-11-23-14-18/h7-12,14,17,20,22H,13,15-16H2,1-6H3;4-9,11,14,17,19H,10,12-13H2,1-3H3,(H,25,26)/t20-,22+;17-,19+/m00/s1. The summed E-state index contributed by atoms with van der Waals surface area (Å²) >= 11 is 0. The SMILES string of the molecule is CC(C)(C)OC(=O)N1CC[C@H](c2ccc(-c3cccnc3)cc2)C[C@@H]1C(=O)O.CC(C)(C)OC(=O)[C@H]1C[C@@H](c2ccc(-c3cccnc3)cc2)CCN1C(=O)OC(C)(C)C. The molecule has 320 valence electrons. The number of pyridine rings is 2. The zero-order chi connectivity index (χ0) is 43.8. The number of piperidine rings is 2. The molecule has 4 aromatic rings. The van der Waals surface area contributed by atoms with Crippen molar-refractivity contribution >= 4 is 24.1 Å². The van der Waals surface area contributed by atoms with Gasteiger partial charge in [0.25, 0.3) is 0 Å². The molecule has 2 aromatic heterocycles. The summed E-state index contributed by atoms with van der Waals surface area (Å²) in [6.45, 7) is 17.1. The summed E-state index contributed by atoms with van der Waals surface area (Å²) in [6.07, 6.45) is 8.45. The molecule has 0 saturated carbocycles. The largest absolute Gasteiger partial charge is 0.480 e. The van der Waals surface area contributed by atoms with Crippen molar-refractivity contribution in [2.24, 2.45) is 0 Å². The van der Waals surface area contributed by atoms with E-state index in [-0.39, 0.29) is 17.8 Å². The number of rotatable bonds is 6. The Morgan fingerprint density at radius 3 is 1.28 bits per heavy atom. The van der Waals surface area contributed by atoms with Crippen molar-refractivity contribution in [2.75, 3.05) is 13.1 Å². The first-order valence-electron chi connectivity index (χ1n) is 20.6. The first-order chi connectivity index (χ1) is 28.2. The molecule has 2 aliphatic rings. The topological polar surface area (TPSA) is 148 Å². The van der Waals surface area contributed by atoms with Crippen LogP contribution in [0.1, 0.15) is 111 Å². The van der Waals surface area contributed by atoms with Crippen LogP contribution in [0, 0.1) is 0 Å². The quantitative estimate of drug-likeness (QED) is 0.147. The lowest BCUT2D eigenvalue weighted by atomic mass is 9.84. The molecule has 2 amide bonds. The Balaban J connectivity index is 0.000000230. The molecule has 0 radical (unpaired) electrons. The van der Waals surface area contributed by atoms with Gasteiger partial charge in [-0.15, -0.1) is 0 Å². The monoisotopic (exact) mass is 820 g/mol. The average Bonchev–Trinajstić information content (AvgIpc) is 3.19. The maximum absolute atomic E-state index is 13.0. The van der Waals surface area contributed by atoms with Crippen molar-refractivity contribution in [3.05, 3.63) is 109 Å². The lowest BCUT2D eigenvalue weighted by Gasteiger charge is -2.39. The van der Waals surface area contributed by atoms with Gasteiger partial charge in [0.1, 0.15) is 28.9 Å². The number of carboxylic acids is 1. The van der Waals surface area contributed by atoms with Gasteiger partial charge in [-0.2, -0.15) is 0 Å². The number of hydrogen-bond acceptors (Lipinski definition) is 9. The van der Waals surface area contributed by atoms with Gasteiger partial charge in [0.2, 0.25) is 0 Å². The summed E-state index contributed by atoms with van der Waals surface area (Å²) < 4.78 is 16.6. The molecule has 0 spiro atoms. The van der Waals surface area contributed by atoms with Gasteiger partial charge >= 0.3 is 24.1 Å². The number of amides is 2. The van der Waals surface area contributed by atoms with Gasteiger partial charge in [-0.25, -0.2) is 19.2 Å². The molecule has 4 atom stereocenters. The Labute approximate surface area is 354 Å². The van der Waals surface area contributed by atoms with Gasteiger partial charge in [-0.3, -0.25) is 19.8 Å². The fraction of sp³-hybridized carbons (Fsp3) is 0.458. The number of carbonyl (C=O) groups excluding carboxylic acids is 3. The normalized spacial score (nSPS) is 19.6. The van der Waals surface area contributed by atoms with E-state index in [1.54, 1.807) is 33.2 Å². The van der Waals surface area contributed by atoms with Crippen molar-refractivity contribution in [2.45, 2.75) is 129 Å². The number of carbonyl (C=O) groups is 4. The van der Waals surface area contributed by atoms with E-state index in [9.17, 15) is 24.3 Å². The van der Waals surface area contributed by atoms with Crippen molar-refractivity contribution in [1.29, 1.82) is 0 Å². The molecule has 0 bridgehead atoms. The van der Waals surface area contributed by atoms with Crippen LogP contribution in [0.3, 0.4) is 0 Å². The van der Waals surface area contributed by atoms with Gasteiger partial charge in [0.05, 0.1) is 0 Å². The van der Waals surface area contributed by atoms with Crippen LogP contribution >= 0.6 is 0 Å². The zero-order valence-corrected chi connectivity index (χ0v) is 36.4. The Morgan fingerprint density at radius 2 is 0.933 bits per heavy atom. The van der Waals surface area contributed by atoms with E-state index < -0.39 is 47.0 Å². The van der Waals surface area contributed by atoms with Crippen molar-refractivity contribution in [3.8, 4) is 22.3 Å². The fourth-order valence-corrected chi connectivity index (χ4v) is 7.40. The lowest BCUT2D eigenvalue weighted by molar-refractivity contribution is -0.162. The number of aromatic nitrogens is 2. The number of likely N-dealkylation sites (tertiary alicyclic amines) is 2. The molecule has 0 unspecified atom stereocenters. The molecular formula is C48H60N4O8. The Hall–Kier alpha value is -5.78. The Bertz CT molecular complexity index is 2050. The van der Waals surface area contributed by atoms with E-state index in [0.717, 1.165) is 39.8 Å². The Morgan fingerprint density at radius 1 is 0.550 bits per heavy atom. The first kappa shape index (κ1) is 45.3. The van der Waals surface area contributed by atoms with Crippen molar-refractivity contribution < 1.29 is 38.5 Å². The second kappa shape index (κ2) is 19.1. The van der Waals surface area contributed by atoms with Gasteiger partial charge in [0, 0.05) is 37.9 Å². The summed E-state index contributed by atoms with van der Waals surface area (Å²) in [4.78, 5) is 61.3. The third-order valence-electron chi connectivity index (χ3n) is 10.2. The second-order valence-electron chi connectivity index (χ2n) is 18.4. The number of aliphatic carboxylic acids is 1. The van der Waals surface area contributed by atoms with Crippen LogP contribution in [0.25, 0.3) is 22.3 Å². The number of ether oxygens (including phenoxy) is 3. The minimum atomic E-state index is -0.998. The van der Waals surface area contributed by atoms with Crippen LogP contribution in [-0.2, 0) is 23.8 Å². The summed E-state index contributed by atoms with van der Waals surface area (Å²) in [5.74, 6) is -1.15. The van der Waals surface area contributed by atoms with Gasteiger partial charge in [0.15, 0.2) is 0 Å². The molecule has 12 nitrogen and oxygen atoms in total. The average molecular weight is 821 g/mol.